The van der Waals surface area contributed by atoms with E-state index in [4.69, 9.17) is 4.42 Å². The van der Waals surface area contributed by atoms with Crippen molar-refractivity contribution < 1.29 is 4.42 Å². The van der Waals surface area contributed by atoms with E-state index >= 15 is 0 Å². The zero-order valence-corrected chi connectivity index (χ0v) is 32.0. The van der Waals surface area contributed by atoms with Crippen molar-refractivity contribution in [2.75, 3.05) is 4.90 Å². The van der Waals surface area contributed by atoms with Crippen LogP contribution in [0.1, 0.15) is 51.3 Å². The third kappa shape index (κ3) is 5.23. The van der Waals surface area contributed by atoms with Crippen LogP contribution in [0.15, 0.2) is 174 Å². The standard InChI is InChI=1S/C53H43NO/c1-52(2,3)36-27-31-46(43(32-36)34-16-7-6-8-17-34)54(37-28-29-40-39-20-12-14-25-48(39)55-49(40)33-37)47-30-26-35-18-9-10-19-38(35)51(47)42-22-15-24-45-50(42)41-21-11-13-23-44(41)53(45,4)5/h6-33H,1-5H3. The van der Waals surface area contributed by atoms with E-state index < -0.39 is 0 Å². The molecule has 10 rings (SSSR count). The topological polar surface area (TPSA) is 16.4 Å². The summed E-state index contributed by atoms with van der Waals surface area (Å²) in [4.78, 5) is 2.48. The second-order valence-electron chi connectivity index (χ2n) is 16.5. The van der Waals surface area contributed by atoms with Crippen LogP contribution in [0.3, 0.4) is 0 Å². The van der Waals surface area contributed by atoms with Gasteiger partial charge < -0.3 is 9.32 Å². The van der Waals surface area contributed by atoms with E-state index in [1.165, 1.54) is 60.8 Å². The molecule has 1 aliphatic carbocycles. The van der Waals surface area contributed by atoms with Gasteiger partial charge in [-0.1, -0.05) is 162 Å². The van der Waals surface area contributed by atoms with E-state index in [0.717, 1.165) is 39.0 Å². The Morgan fingerprint density at radius 2 is 1.15 bits per heavy atom. The number of fused-ring (bicyclic) bond motifs is 7. The highest BCUT2D eigenvalue weighted by molar-refractivity contribution is 6.11. The predicted octanol–water partition coefficient (Wildman–Crippen LogP) is 15.1. The van der Waals surface area contributed by atoms with Gasteiger partial charge in [0.25, 0.3) is 0 Å². The van der Waals surface area contributed by atoms with E-state index in [1.807, 2.05) is 6.07 Å². The summed E-state index contributed by atoms with van der Waals surface area (Å²) in [5, 5.41) is 4.67. The lowest BCUT2D eigenvalue weighted by Crippen LogP contribution is -2.16. The van der Waals surface area contributed by atoms with Crippen molar-refractivity contribution in [3.05, 3.63) is 187 Å². The second-order valence-corrected chi connectivity index (χ2v) is 16.5. The van der Waals surface area contributed by atoms with Gasteiger partial charge in [0.2, 0.25) is 0 Å². The van der Waals surface area contributed by atoms with E-state index in [2.05, 4.69) is 203 Å². The maximum Gasteiger partial charge on any atom is 0.137 e. The van der Waals surface area contributed by atoms with Gasteiger partial charge >= 0.3 is 0 Å². The average molecular weight is 710 g/mol. The molecule has 2 nitrogen and oxygen atoms in total. The van der Waals surface area contributed by atoms with Crippen molar-refractivity contribution in [1.82, 2.24) is 0 Å². The predicted molar refractivity (Wildman–Crippen MR) is 233 cm³/mol. The summed E-state index contributed by atoms with van der Waals surface area (Å²) in [6.07, 6.45) is 0. The van der Waals surface area contributed by atoms with Crippen LogP contribution in [0.5, 0.6) is 0 Å². The number of hydrogen-bond acceptors (Lipinski definition) is 2. The van der Waals surface area contributed by atoms with Crippen LogP contribution in [-0.4, -0.2) is 0 Å². The Hall–Kier alpha value is -6.38. The Morgan fingerprint density at radius 1 is 0.473 bits per heavy atom. The first-order valence-electron chi connectivity index (χ1n) is 19.4. The van der Waals surface area contributed by atoms with Crippen molar-refractivity contribution >= 4 is 49.8 Å². The zero-order valence-electron chi connectivity index (χ0n) is 32.0. The second kappa shape index (κ2) is 12.3. The molecule has 0 unspecified atom stereocenters. The van der Waals surface area contributed by atoms with Crippen molar-refractivity contribution in [3.8, 4) is 33.4 Å². The molecule has 8 aromatic carbocycles. The van der Waals surface area contributed by atoms with Crippen molar-refractivity contribution in [2.45, 2.75) is 45.4 Å². The highest BCUT2D eigenvalue weighted by Crippen LogP contribution is 2.55. The van der Waals surface area contributed by atoms with Crippen LogP contribution < -0.4 is 4.90 Å². The molecule has 0 fully saturated rings. The Balaban J connectivity index is 1.33. The third-order valence-corrected chi connectivity index (χ3v) is 11.8. The number of para-hydroxylation sites is 1. The van der Waals surface area contributed by atoms with E-state index in [1.54, 1.807) is 0 Å². The molecule has 0 spiro atoms. The van der Waals surface area contributed by atoms with E-state index in [-0.39, 0.29) is 10.8 Å². The Labute approximate surface area is 323 Å². The van der Waals surface area contributed by atoms with Crippen LogP contribution in [0.4, 0.5) is 17.1 Å². The van der Waals surface area contributed by atoms with Gasteiger partial charge in [-0.25, -0.2) is 0 Å². The summed E-state index contributed by atoms with van der Waals surface area (Å²) in [6.45, 7) is 11.6. The normalized spacial score (nSPS) is 13.3. The monoisotopic (exact) mass is 709 g/mol. The summed E-state index contributed by atoms with van der Waals surface area (Å²) in [6, 6.07) is 62.3. The highest BCUT2D eigenvalue weighted by Gasteiger charge is 2.37. The van der Waals surface area contributed by atoms with Crippen LogP contribution in [0, 0.1) is 0 Å². The van der Waals surface area contributed by atoms with Crippen LogP contribution in [-0.2, 0) is 10.8 Å². The van der Waals surface area contributed by atoms with Gasteiger partial charge in [-0.2, -0.15) is 0 Å². The Kier molecular flexibility index (Phi) is 7.44. The first-order chi connectivity index (χ1) is 26.7. The van der Waals surface area contributed by atoms with Crippen molar-refractivity contribution in [2.24, 2.45) is 0 Å². The number of nitrogens with zero attached hydrogens (tertiary/aromatic N) is 1. The van der Waals surface area contributed by atoms with Crippen LogP contribution >= 0.6 is 0 Å². The van der Waals surface area contributed by atoms with Crippen molar-refractivity contribution in [1.29, 1.82) is 0 Å². The summed E-state index contributed by atoms with van der Waals surface area (Å²) >= 11 is 0. The van der Waals surface area contributed by atoms with Gasteiger partial charge in [-0.3, -0.25) is 0 Å². The molecule has 0 bridgehead atoms. The number of furan rings is 1. The fourth-order valence-electron chi connectivity index (χ4n) is 9.00. The molecular formula is C53H43NO. The zero-order chi connectivity index (χ0) is 37.5. The summed E-state index contributed by atoms with van der Waals surface area (Å²) in [5.74, 6) is 0. The molecule has 2 heteroatoms. The first kappa shape index (κ1) is 33.2. The maximum atomic E-state index is 6.57. The fourth-order valence-corrected chi connectivity index (χ4v) is 9.00. The lowest BCUT2D eigenvalue weighted by atomic mass is 9.81. The van der Waals surface area contributed by atoms with Crippen LogP contribution in [0.2, 0.25) is 0 Å². The number of hydrogen-bond donors (Lipinski definition) is 0. The van der Waals surface area contributed by atoms with Crippen LogP contribution in [0.25, 0.3) is 66.1 Å². The molecule has 0 saturated carbocycles. The molecule has 266 valence electrons. The molecule has 0 amide bonds. The SMILES string of the molecule is CC(C)(C)c1ccc(N(c2ccc3c(c2)oc2ccccc23)c2ccc3ccccc3c2-c2cccc3c2-c2ccccc2C3(C)C)c(-c2ccccc2)c1. The minimum atomic E-state index is -0.123. The average Bonchev–Trinajstić information content (AvgIpc) is 3.69. The first-order valence-corrected chi connectivity index (χ1v) is 19.4. The van der Waals surface area contributed by atoms with Gasteiger partial charge in [0, 0.05) is 39.1 Å². The molecule has 0 atom stereocenters. The molecule has 0 aliphatic heterocycles. The van der Waals surface area contributed by atoms with Gasteiger partial charge in [-0.15, -0.1) is 0 Å². The summed E-state index contributed by atoms with van der Waals surface area (Å²) < 4.78 is 6.57. The largest absolute Gasteiger partial charge is 0.456 e. The molecule has 0 N–H and O–H groups in total. The smallest absolute Gasteiger partial charge is 0.137 e. The highest BCUT2D eigenvalue weighted by atomic mass is 16.3. The molecule has 1 aliphatic rings. The fraction of sp³-hybridized carbons (Fsp3) is 0.132. The third-order valence-electron chi connectivity index (χ3n) is 11.8. The molecule has 0 radical (unpaired) electrons. The van der Waals surface area contributed by atoms with E-state index in [9.17, 15) is 0 Å². The minimum Gasteiger partial charge on any atom is -0.456 e. The van der Waals surface area contributed by atoms with E-state index in [0.29, 0.717) is 0 Å². The Morgan fingerprint density at radius 3 is 1.98 bits per heavy atom. The van der Waals surface area contributed by atoms with Gasteiger partial charge in [0.15, 0.2) is 0 Å². The number of rotatable bonds is 5. The lowest BCUT2D eigenvalue weighted by Gasteiger charge is -2.32. The molecule has 1 aromatic heterocycles. The summed E-state index contributed by atoms with van der Waals surface area (Å²) in [7, 11) is 0. The van der Waals surface area contributed by atoms with Gasteiger partial charge in [0.05, 0.1) is 11.4 Å². The molecule has 55 heavy (non-hydrogen) atoms. The van der Waals surface area contributed by atoms with Gasteiger partial charge in [0.1, 0.15) is 11.2 Å². The van der Waals surface area contributed by atoms with Gasteiger partial charge in [-0.05, 0) is 91.5 Å². The molecule has 9 aromatic rings. The van der Waals surface area contributed by atoms with Crippen molar-refractivity contribution in [3.63, 3.8) is 0 Å². The number of anilines is 3. The minimum absolute atomic E-state index is 0.0288. The quantitative estimate of drug-likeness (QED) is 0.177. The summed E-state index contributed by atoms with van der Waals surface area (Å²) in [5.41, 5.74) is 16.4. The Bertz CT molecular complexity index is 2940. The molecule has 0 saturated heterocycles. The number of benzene rings is 8. The maximum absolute atomic E-state index is 6.57. The molecule has 1 heterocycles. The molecular weight excluding hydrogens is 667 g/mol. The lowest BCUT2D eigenvalue weighted by molar-refractivity contribution is 0.590.